The van der Waals surface area contributed by atoms with Crippen molar-refractivity contribution in [1.82, 2.24) is 15.1 Å². The van der Waals surface area contributed by atoms with Crippen molar-refractivity contribution >= 4 is 6.03 Å². The normalized spacial score (nSPS) is 29.4. The molecular formula is C17H33N3O2. The van der Waals surface area contributed by atoms with Crippen LogP contribution in [0.25, 0.3) is 0 Å². The molecule has 0 aromatic carbocycles. The Bertz CT molecular complexity index is 346. The molecule has 0 bridgehead atoms. The Balaban J connectivity index is 1.71. The van der Waals surface area contributed by atoms with Gasteiger partial charge in [-0.3, -0.25) is 0 Å². The van der Waals surface area contributed by atoms with Crippen LogP contribution in [-0.4, -0.2) is 65.3 Å². The molecule has 2 aliphatic rings. The number of piperidine rings is 2. The fourth-order valence-electron chi connectivity index (χ4n) is 3.73. The summed E-state index contributed by atoms with van der Waals surface area (Å²) in [5, 5.41) is 13.1. The van der Waals surface area contributed by atoms with Gasteiger partial charge in [-0.05, 0) is 65.0 Å². The number of carbonyl (C=O) groups is 1. The number of hydrogen-bond acceptors (Lipinski definition) is 3. The summed E-state index contributed by atoms with van der Waals surface area (Å²) in [6.07, 6.45) is 5.29. The number of aliphatic hydroxyl groups excluding tert-OH is 1. The highest BCUT2D eigenvalue weighted by Gasteiger charge is 2.29. The number of β-amino-alcohol motifs (C(OH)–C–C–N with tert-alkyl or cyclic N) is 1. The first-order valence-corrected chi connectivity index (χ1v) is 8.94. The van der Waals surface area contributed by atoms with E-state index >= 15 is 0 Å². The summed E-state index contributed by atoms with van der Waals surface area (Å²) in [5.74, 6) is 0.801. The molecule has 2 aliphatic heterocycles. The number of carbonyl (C=O) groups excluding carboxylic acids is 1. The Hall–Kier alpha value is -0.810. The lowest BCUT2D eigenvalue weighted by atomic mass is 9.98. The fraction of sp³-hybridized carbons (Fsp3) is 0.941. The van der Waals surface area contributed by atoms with Crippen LogP contribution in [0.1, 0.15) is 52.9 Å². The number of rotatable bonds is 4. The monoisotopic (exact) mass is 311 g/mol. The molecule has 3 atom stereocenters. The zero-order chi connectivity index (χ0) is 16.1. The quantitative estimate of drug-likeness (QED) is 0.835. The van der Waals surface area contributed by atoms with Gasteiger partial charge in [0, 0.05) is 25.2 Å². The van der Waals surface area contributed by atoms with Crippen molar-refractivity contribution in [3.63, 3.8) is 0 Å². The third-order valence-electron chi connectivity index (χ3n) is 5.26. The molecule has 2 N–H and O–H groups in total. The van der Waals surface area contributed by atoms with Crippen molar-refractivity contribution in [2.45, 2.75) is 71.1 Å². The third-order valence-corrected chi connectivity index (χ3v) is 5.26. The predicted molar refractivity (Wildman–Crippen MR) is 88.9 cm³/mol. The van der Waals surface area contributed by atoms with E-state index in [-0.39, 0.29) is 6.03 Å². The van der Waals surface area contributed by atoms with Crippen LogP contribution in [0.5, 0.6) is 0 Å². The maximum absolute atomic E-state index is 12.3. The molecule has 0 radical (unpaired) electrons. The van der Waals surface area contributed by atoms with E-state index < -0.39 is 6.10 Å². The average molecular weight is 311 g/mol. The Morgan fingerprint density at radius 3 is 2.32 bits per heavy atom. The first-order chi connectivity index (χ1) is 10.5. The van der Waals surface area contributed by atoms with Gasteiger partial charge in [0.25, 0.3) is 0 Å². The summed E-state index contributed by atoms with van der Waals surface area (Å²) in [5.41, 5.74) is 0. The number of urea groups is 1. The summed E-state index contributed by atoms with van der Waals surface area (Å²) in [6, 6.07) is 0.569. The molecule has 2 fully saturated rings. The summed E-state index contributed by atoms with van der Waals surface area (Å²) >= 11 is 0. The molecule has 2 heterocycles. The van der Waals surface area contributed by atoms with Gasteiger partial charge in [0.2, 0.25) is 0 Å². The van der Waals surface area contributed by atoms with Gasteiger partial charge in [-0.1, -0.05) is 6.92 Å². The molecule has 5 nitrogen and oxygen atoms in total. The molecule has 0 aromatic heterocycles. The lowest BCUT2D eigenvalue weighted by Gasteiger charge is -2.39. The maximum Gasteiger partial charge on any atom is 0.317 e. The molecule has 5 heteroatoms. The van der Waals surface area contributed by atoms with E-state index in [1.807, 2.05) is 4.90 Å². The topological polar surface area (TPSA) is 55.8 Å². The van der Waals surface area contributed by atoms with Gasteiger partial charge in [-0.15, -0.1) is 0 Å². The highest BCUT2D eigenvalue weighted by atomic mass is 16.3. The van der Waals surface area contributed by atoms with Crippen LogP contribution >= 0.6 is 0 Å². The number of hydrogen-bond donors (Lipinski definition) is 2. The second kappa shape index (κ2) is 8.16. The summed E-state index contributed by atoms with van der Waals surface area (Å²) in [4.78, 5) is 16.6. The van der Waals surface area contributed by atoms with E-state index in [1.165, 1.54) is 19.3 Å². The molecule has 2 rings (SSSR count). The van der Waals surface area contributed by atoms with E-state index in [0.717, 1.165) is 31.8 Å². The van der Waals surface area contributed by atoms with Gasteiger partial charge in [-0.25, -0.2) is 4.79 Å². The molecule has 0 aliphatic carbocycles. The SMILES string of the molecule is CC1CCN(CC(O)CNC(=O)N2C(C)CCCC2C)CC1. The van der Waals surface area contributed by atoms with Crippen LogP contribution in [0.15, 0.2) is 0 Å². The Morgan fingerprint density at radius 1 is 1.14 bits per heavy atom. The first-order valence-electron chi connectivity index (χ1n) is 8.94. The van der Waals surface area contributed by atoms with Crippen molar-refractivity contribution < 1.29 is 9.90 Å². The van der Waals surface area contributed by atoms with Crippen molar-refractivity contribution in [3.8, 4) is 0 Å². The summed E-state index contributed by atoms with van der Waals surface area (Å²) in [7, 11) is 0. The highest BCUT2D eigenvalue weighted by Crippen LogP contribution is 2.22. The molecule has 0 spiro atoms. The molecule has 0 aromatic rings. The largest absolute Gasteiger partial charge is 0.390 e. The Morgan fingerprint density at radius 2 is 1.73 bits per heavy atom. The van der Waals surface area contributed by atoms with Crippen LogP contribution in [0.4, 0.5) is 4.79 Å². The fourth-order valence-corrected chi connectivity index (χ4v) is 3.73. The molecular weight excluding hydrogens is 278 g/mol. The van der Waals surface area contributed by atoms with Crippen molar-refractivity contribution in [1.29, 1.82) is 0 Å². The number of aliphatic hydroxyl groups is 1. The Kier molecular flexibility index (Phi) is 6.50. The molecule has 2 amide bonds. The van der Waals surface area contributed by atoms with Crippen LogP contribution in [0.3, 0.4) is 0 Å². The number of amides is 2. The van der Waals surface area contributed by atoms with Gasteiger partial charge >= 0.3 is 6.03 Å². The minimum absolute atomic E-state index is 0.0222. The maximum atomic E-state index is 12.3. The van der Waals surface area contributed by atoms with Crippen molar-refractivity contribution in [2.24, 2.45) is 5.92 Å². The van der Waals surface area contributed by atoms with Crippen LogP contribution in [0, 0.1) is 5.92 Å². The van der Waals surface area contributed by atoms with Crippen molar-refractivity contribution in [3.05, 3.63) is 0 Å². The summed E-state index contributed by atoms with van der Waals surface area (Å²) < 4.78 is 0. The smallest absolute Gasteiger partial charge is 0.317 e. The van der Waals surface area contributed by atoms with Crippen LogP contribution in [-0.2, 0) is 0 Å². The van der Waals surface area contributed by atoms with Gasteiger partial charge in [0.1, 0.15) is 0 Å². The molecule has 22 heavy (non-hydrogen) atoms. The first kappa shape index (κ1) is 17.5. The zero-order valence-corrected chi connectivity index (χ0v) is 14.4. The molecule has 3 unspecified atom stereocenters. The zero-order valence-electron chi connectivity index (χ0n) is 14.4. The predicted octanol–water partition coefficient (Wildman–Crippen LogP) is 2.05. The second-order valence-corrected chi connectivity index (χ2v) is 7.36. The molecule has 0 saturated carbocycles. The van der Waals surface area contributed by atoms with Gasteiger partial charge in [-0.2, -0.15) is 0 Å². The minimum atomic E-state index is -0.479. The Labute approximate surface area is 135 Å². The number of nitrogens with zero attached hydrogens (tertiary/aromatic N) is 2. The lowest BCUT2D eigenvalue weighted by molar-refractivity contribution is 0.0851. The van der Waals surface area contributed by atoms with Gasteiger partial charge in [0.15, 0.2) is 0 Å². The minimum Gasteiger partial charge on any atom is -0.390 e. The average Bonchev–Trinajstić information content (AvgIpc) is 2.47. The van der Waals surface area contributed by atoms with Crippen LogP contribution < -0.4 is 5.32 Å². The van der Waals surface area contributed by atoms with Gasteiger partial charge < -0.3 is 20.2 Å². The van der Waals surface area contributed by atoms with E-state index in [4.69, 9.17) is 0 Å². The molecule has 2 saturated heterocycles. The standard InChI is InChI=1S/C17H33N3O2/c1-13-7-9-19(10-8-13)12-16(21)11-18-17(22)20-14(2)5-4-6-15(20)3/h13-16,21H,4-12H2,1-3H3,(H,18,22). The third kappa shape index (κ3) is 4.85. The highest BCUT2D eigenvalue weighted by molar-refractivity contribution is 5.75. The summed E-state index contributed by atoms with van der Waals surface area (Å²) in [6.45, 7) is 9.65. The molecule has 128 valence electrons. The van der Waals surface area contributed by atoms with E-state index in [0.29, 0.717) is 25.2 Å². The van der Waals surface area contributed by atoms with Crippen LogP contribution in [0.2, 0.25) is 0 Å². The van der Waals surface area contributed by atoms with E-state index in [1.54, 1.807) is 0 Å². The second-order valence-electron chi connectivity index (χ2n) is 7.36. The number of likely N-dealkylation sites (tertiary alicyclic amines) is 2. The van der Waals surface area contributed by atoms with E-state index in [9.17, 15) is 9.90 Å². The van der Waals surface area contributed by atoms with Gasteiger partial charge in [0.05, 0.1) is 6.10 Å². The van der Waals surface area contributed by atoms with E-state index in [2.05, 4.69) is 31.0 Å². The number of nitrogens with one attached hydrogen (secondary N) is 1. The lowest BCUT2D eigenvalue weighted by Crippen LogP contribution is -2.53. The van der Waals surface area contributed by atoms with Crippen molar-refractivity contribution in [2.75, 3.05) is 26.2 Å².